The van der Waals surface area contributed by atoms with Crippen LogP contribution in [0.4, 0.5) is 0 Å². The first-order valence-corrected chi connectivity index (χ1v) is 5.28. The lowest BCUT2D eigenvalue weighted by molar-refractivity contribution is -0.153. The standard InChI is InChI=1S/C11H16O4/c1-14-10(13)9(12)11(4-5-11)8-3-2-6-15-7-8/h7,9,12H,2-6H2,1H3. The predicted octanol–water partition coefficient (Wildman–Crippen LogP) is 0.995. The minimum absolute atomic E-state index is 0.381. The largest absolute Gasteiger partial charge is 0.501 e. The van der Waals surface area contributed by atoms with E-state index in [0.717, 1.165) is 37.9 Å². The first-order valence-electron chi connectivity index (χ1n) is 5.28. The number of hydrogen-bond donors (Lipinski definition) is 1. The van der Waals surface area contributed by atoms with E-state index in [2.05, 4.69) is 4.74 Å². The lowest BCUT2D eigenvalue weighted by Gasteiger charge is -2.25. The molecule has 4 nitrogen and oxygen atoms in total. The smallest absolute Gasteiger partial charge is 0.335 e. The minimum Gasteiger partial charge on any atom is -0.501 e. The molecule has 0 aromatic rings. The van der Waals surface area contributed by atoms with Crippen LogP contribution in [-0.4, -0.2) is 30.9 Å². The van der Waals surface area contributed by atoms with Gasteiger partial charge in [-0.15, -0.1) is 0 Å². The number of hydrogen-bond acceptors (Lipinski definition) is 4. The Balaban J connectivity index is 2.12. The maximum Gasteiger partial charge on any atom is 0.335 e. The number of carbonyl (C=O) groups is 1. The van der Waals surface area contributed by atoms with Gasteiger partial charge in [-0.2, -0.15) is 0 Å². The molecule has 1 fully saturated rings. The lowest BCUT2D eigenvalue weighted by Crippen LogP contribution is -2.34. The van der Waals surface area contributed by atoms with Gasteiger partial charge >= 0.3 is 5.97 Å². The highest BCUT2D eigenvalue weighted by molar-refractivity contribution is 5.76. The fraction of sp³-hybridized carbons (Fsp3) is 0.727. The van der Waals surface area contributed by atoms with Crippen LogP contribution in [-0.2, 0) is 14.3 Å². The zero-order valence-electron chi connectivity index (χ0n) is 8.86. The number of aliphatic hydroxyl groups is 1. The van der Waals surface area contributed by atoms with Crippen molar-refractivity contribution in [1.82, 2.24) is 0 Å². The lowest BCUT2D eigenvalue weighted by atomic mass is 9.87. The van der Waals surface area contributed by atoms with Crippen LogP contribution < -0.4 is 0 Å². The molecule has 0 saturated heterocycles. The van der Waals surface area contributed by atoms with Crippen LogP contribution in [0.25, 0.3) is 0 Å². The molecular weight excluding hydrogens is 196 g/mol. The number of methoxy groups -OCH3 is 1. The van der Waals surface area contributed by atoms with E-state index in [-0.39, 0.29) is 5.41 Å². The summed E-state index contributed by atoms with van der Waals surface area (Å²) in [6.45, 7) is 0.730. The van der Waals surface area contributed by atoms with Gasteiger partial charge in [0.15, 0.2) is 6.10 Å². The van der Waals surface area contributed by atoms with Crippen LogP contribution in [0.15, 0.2) is 11.8 Å². The molecular formula is C11H16O4. The normalized spacial score (nSPS) is 24.8. The fourth-order valence-corrected chi connectivity index (χ4v) is 2.17. The van der Waals surface area contributed by atoms with E-state index < -0.39 is 12.1 Å². The van der Waals surface area contributed by atoms with E-state index in [1.807, 2.05) is 0 Å². The summed E-state index contributed by atoms with van der Waals surface area (Å²) in [6, 6.07) is 0. The summed E-state index contributed by atoms with van der Waals surface area (Å²) < 4.78 is 9.82. The van der Waals surface area contributed by atoms with Crippen molar-refractivity contribution in [1.29, 1.82) is 0 Å². The molecule has 1 aliphatic carbocycles. The molecule has 0 amide bonds. The molecule has 4 heteroatoms. The molecule has 0 bridgehead atoms. The van der Waals surface area contributed by atoms with E-state index in [4.69, 9.17) is 4.74 Å². The maximum absolute atomic E-state index is 11.3. The second-order valence-electron chi connectivity index (χ2n) is 4.20. The summed E-state index contributed by atoms with van der Waals surface area (Å²) in [7, 11) is 1.30. The van der Waals surface area contributed by atoms with Crippen molar-refractivity contribution in [2.24, 2.45) is 5.41 Å². The van der Waals surface area contributed by atoms with Gasteiger partial charge in [0.2, 0.25) is 0 Å². The Labute approximate surface area is 88.9 Å². The van der Waals surface area contributed by atoms with Gasteiger partial charge in [0.25, 0.3) is 0 Å². The van der Waals surface area contributed by atoms with Gasteiger partial charge in [-0.3, -0.25) is 0 Å². The molecule has 2 rings (SSSR count). The van der Waals surface area contributed by atoms with Gasteiger partial charge < -0.3 is 14.6 Å². The van der Waals surface area contributed by atoms with Gasteiger partial charge in [0, 0.05) is 5.41 Å². The Morgan fingerprint density at radius 3 is 2.87 bits per heavy atom. The van der Waals surface area contributed by atoms with Crippen LogP contribution in [0.5, 0.6) is 0 Å². The molecule has 0 aromatic heterocycles. The fourth-order valence-electron chi connectivity index (χ4n) is 2.17. The maximum atomic E-state index is 11.3. The number of rotatable bonds is 3. The number of aliphatic hydroxyl groups excluding tert-OH is 1. The monoisotopic (exact) mass is 212 g/mol. The third-order valence-electron chi connectivity index (χ3n) is 3.31. The molecule has 1 saturated carbocycles. The average Bonchev–Trinajstić information content (AvgIpc) is 3.09. The Hall–Kier alpha value is -1.03. The molecule has 0 aromatic carbocycles. The van der Waals surface area contributed by atoms with Crippen molar-refractivity contribution < 1.29 is 19.4 Å². The average molecular weight is 212 g/mol. The van der Waals surface area contributed by atoms with E-state index >= 15 is 0 Å². The summed E-state index contributed by atoms with van der Waals surface area (Å²) in [5.74, 6) is -0.543. The van der Waals surface area contributed by atoms with Crippen LogP contribution in [0.1, 0.15) is 25.7 Å². The van der Waals surface area contributed by atoms with Gasteiger partial charge in [0.05, 0.1) is 20.0 Å². The third kappa shape index (κ3) is 1.74. The van der Waals surface area contributed by atoms with Crippen molar-refractivity contribution >= 4 is 5.97 Å². The number of ether oxygens (including phenoxy) is 2. The molecule has 84 valence electrons. The summed E-state index contributed by atoms with van der Waals surface area (Å²) in [5, 5.41) is 9.89. The second-order valence-corrected chi connectivity index (χ2v) is 4.20. The van der Waals surface area contributed by atoms with Crippen molar-refractivity contribution in [2.75, 3.05) is 13.7 Å². The molecule has 2 aliphatic rings. The topological polar surface area (TPSA) is 55.8 Å². The van der Waals surface area contributed by atoms with E-state index in [9.17, 15) is 9.90 Å². The van der Waals surface area contributed by atoms with Crippen molar-refractivity contribution in [3.8, 4) is 0 Å². The minimum atomic E-state index is -1.03. The highest BCUT2D eigenvalue weighted by atomic mass is 16.5. The summed E-state index contributed by atoms with van der Waals surface area (Å²) >= 11 is 0. The number of esters is 1. The SMILES string of the molecule is COC(=O)C(O)C1(C2=COCCC2)CC1. The molecule has 1 aliphatic heterocycles. The Morgan fingerprint density at radius 2 is 2.40 bits per heavy atom. The van der Waals surface area contributed by atoms with Crippen molar-refractivity contribution in [3.05, 3.63) is 11.8 Å². The Bertz CT molecular complexity index is 291. The van der Waals surface area contributed by atoms with Gasteiger partial charge in [-0.1, -0.05) is 0 Å². The van der Waals surface area contributed by atoms with Crippen LogP contribution in [0, 0.1) is 5.41 Å². The van der Waals surface area contributed by atoms with Crippen LogP contribution >= 0.6 is 0 Å². The Morgan fingerprint density at radius 1 is 1.67 bits per heavy atom. The quantitative estimate of drug-likeness (QED) is 0.709. The molecule has 1 heterocycles. The van der Waals surface area contributed by atoms with Crippen molar-refractivity contribution in [2.45, 2.75) is 31.8 Å². The summed E-state index contributed by atoms with van der Waals surface area (Å²) in [5.41, 5.74) is 0.680. The van der Waals surface area contributed by atoms with Gasteiger partial charge in [-0.25, -0.2) is 4.79 Å². The van der Waals surface area contributed by atoms with Crippen molar-refractivity contribution in [3.63, 3.8) is 0 Å². The molecule has 1 unspecified atom stereocenters. The molecule has 0 radical (unpaired) electrons. The van der Waals surface area contributed by atoms with E-state index in [1.54, 1.807) is 6.26 Å². The molecule has 1 atom stereocenters. The van der Waals surface area contributed by atoms with Crippen LogP contribution in [0.2, 0.25) is 0 Å². The Kier molecular flexibility index (Phi) is 2.69. The van der Waals surface area contributed by atoms with E-state index in [1.165, 1.54) is 7.11 Å². The van der Waals surface area contributed by atoms with Crippen LogP contribution in [0.3, 0.4) is 0 Å². The summed E-state index contributed by atoms with van der Waals surface area (Å²) in [4.78, 5) is 11.3. The third-order valence-corrected chi connectivity index (χ3v) is 3.31. The summed E-state index contributed by atoms with van der Waals surface area (Å²) in [6.07, 6.45) is 4.24. The zero-order chi connectivity index (χ0) is 10.9. The second kappa shape index (κ2) is 3.85. The highest BCUT2D eigenvalue weighted by Gasteiger charge is 2.55. The van der Waals surface area contributed by atoms with Gasteiger partial charge in [-0.05, 0) is 31.3 Å². The first kappa shape index (κ1) is 10.5. The first-order chi connectivity index (χ1) is 7.20. The zero-order valence-corrected chi connectivity index (χ0v) is 8.86. The predicted molar refractivity (Wildman–Crippen MR) is 53.0 cm³/mol. The van der Waals surface area contributed by atoms with E-state index in [0.29, 0.717) is 0 Å². The molecule has 1 N–H and O–H groups in total. The number of carbonyl (C=O) groups excluding carboxylic acids is 1. The van der Waals surface area contributed by atoms with Gasteiger partial charge in [0.1, 0.15) is 0 Å². The molecule has 0 spiro atoms. The molecule has 15 heavy (non-hydrogen) atoms. The highest BCUT2D eigenvalue weighted by Crippen LogP contribution is 2.56.